The Labute approximate surface area is 104 Å². The fourth-order valence-corrected chi connectivity index (χ4v) is 1.86. The molecule has 0 heterocycles. The highest BCUT2D eigenvalue weighted by Gasteiger charge is 2.06. The van der Waals surface area contributed by atoms with E-state index in [1.54, 1.807) is 18.0 Å². The van der Waals surface area contributed by atoms with Gasteiger partial charge in [0.25, 0.3) is 0 Å². The summed E-state index contributed by atoms with van der Waals surface area (Å²) in [4.78, 5) is 23.0. The molecule has 0 atom stereocenters. The van der Waals surface area contributed by atoms with Crippen LogP contribution in [0.2, 0.25) is 0 Å². The zero-order chi connectivity index (χ0) is 13.1. The first kappa shape index (κ1) is 12.1. The van der Waals surface area contributed by atoms with Crippen LogP contribution in [0.3, 0.4) is 0 Å². The average molecular weight is 243 g/mol. The molecular formula is C14H13NO3. The number of rotatable bonds is 4. The monoisotopic (exact) mass is 243 g/mol. The summed E-state index contributed by atoms with van der Waals surface area (Å²) >= 11 is 0. The van der Waals surface area contributed by atoms with Crippen molar-refractivity contribution in [2.45, 2.75) is 0 Å². The van der Waals surface area contributed by atoms with Crippen LogP contribution in [0.1, 0.15) is 10.4 Å². The summed E-state index contributed by atoms with van der Waals surface area (Å²) in [7, 11) is 1.73. The number of nitrogens with zero attached hydrogens (tertiary/aromatic N) is 1. The van der Waals surface area contributed by atoms with Crippen molar-refractivity contribution in [2.75, 3.05) is 18.5 Å². The molecule has 92 valence electrons. The van der Waals surface area contributed by atoms with E-state index in [2.05, 4.69) is 0 Å². The van der Waals surface area contributed by atoms with Crippen LogP contribution in [0.5, 0.6) is 0 Å². The molecule has 0 fully saturated rings. The summed E-state index contributed by atoms with van der Waals surface area (Å²) < 4.78 is 0. The molecule has 0 radical (unpaired) electrons. The number of aliphatic carboxylic acids is 1. The van der Waals surface area contributed by atoms with Gasteiger partial charge in [0, 0.05) is 18.3 Å². The van der Waals surface area contributed by atoms with Crippen molar-refractivity contribution in [3.05, 3.63) is 42.0 Å². The van der Waals surface area contributed by atoms with E-state index in [-0.39, 0.29) is 6.54 Å². The number of carboxylic acid groups (broad SMARTS) is 1. The van der Waals surface area contributed by atoms with Gasteiger partial charge in [-0.3, -0.25) is 9.59 Å². The third-order valence-corrected chi connectivity index (χ3v) is 2.80. The molecule has 0 aliphatic rings. The largest absolute Gasteiger partial charge is 0.480 e. The second-order valence-electron chi connectivity index (χ2n) is 4.16. The first-order valence-corrected chi connectivity index (χ1v) is 5.52. The van der Waals surface area contributed by atoms with Gasteiger partial charge in [0.05, 0.1) is 0 Å². The molecular weight excluding hydrogens is 230 g/mol. The van der Waals surface area contributed by atoms with Crippen LogP contribution in [0.15, 0.2) is 36.4 Å². The van der Waals surface area contributed by atoms with Crippen LogP contribution in [-0.4, -0.2) is 31.0 Å². The highest BCUT2D eigenvalue weighted by Crippen LogP contribution is 2.22. The Hall–Kier alpha value is -2.36. The van der Waals surface area contributed by atoms with Crippen LogP contribution in [-0.2, 0) is 4.79 Å². The smallest absolute Gasteiger partial charge is 0.323 e. The highest BCUT2D eigenvalue weighted by atomic mass is 16.4. The number of carboxylic acids is 1. The maximum absolute atomic E-state index is 10.7. The molecule has 0 aliphatic carbocycles. The third-order valence-electron chi connectivity index (χ3n) is 2.80. The number of carbonyl (C=O) groups is 2. The maximum Gasteiger partial charge on any atom is 0.323 e. The lowest BCUT2D eigenvalue weighted by atomic mass is 10.1. The minimum absolute atomic E-state index is 0.0437. The summed E-state index contributed by atoms with van der Waals surface area (Å²) in [6.07, 6.45) is 0.809. The van der Waals surface area contributed by atoms with E-state index in [4.69, 9.17) is 5.11 Å². The third kappa shape index (κ3) is 2.48. The van der Waals surface area contributed by atoms with Crippen LogP contribution in [0.25, 0.3) is 10.8 Å². The average Bonchev–Trinajstić information content (AvgIpc) is 2.36. The molecule has 4 heteroatoms. The summed E-state index contributed by atoms with van der Waals surface area (Å²) in [5.41, 5.74) is 1.47. The number of aldehydes is 1. The fraction of sp³-hybridized carbons (Fsp3) is 0.143. The SMILES string of the molecule is CN(CC(=O)O)c1ccc2cc(C=O)ccc2c1. The first-order chi connectivity index (χ1) is 8.60. The van der Waals surface area contributed by atoms with E-state index in [1.165, 1.54) is 0 Å². The number of hydrogen-bond acceptors (Lipinski definition) is 3. The van der Waals surface area contributed by atoms with Gasteiger partial charge in [-0.15, -0.1) is 0 Å². The summed E-state index contributed by atoms with van der Waals surface area (Å²) in [6, 6.07) is 11.1. The number of benzene rings is 2. The van der Waals surface area contributed by atoms with Crippen molar-refractivity contribution < 1.29 is 14.7 Å². The van der Waals surface area contributed by atoms with Gasteiger partial charge in [0.1, 0.15) is 12.8 Å². The van der Waals surface area contributed by atoms with Crippen molar-refractivity contribution in [1.82, 2.24) is 0 Å². The normalized spacial score (nSPS) is 10.3. The van der Waals surface area contributed by atoms with E-state index in [0.717, 1.165) is 22.7 Å². The van der Waals surface area contributed by atoms with E-state index < -0.39 is 5.97 Å². The molecule has 0 aromatic heterocycles. The van der Waals surface area contributed by atoms with Crippen LogP contribution >= 0.6 is 0 Å². The van der Waals surface area contributed by atoms with Gasteiger partial charge in [-0.05, 0) is 29.0 Å². The van der Waals surface area contributed by atoms with Gasteiger partial charge in [0.15, 0.2) is 0 Å². The molecule has 0 spiro atoms. The molecule has 18 heavy (non-hydrogen) atoms. The Balaban J connectivity index is 2.38. The zero-order valence-electron chi connectivity index (χ0n) is 9.96. The van der Waals surface area contributed by atoms with Gasteiger partial charge in [-0.25, -0.2) is 0 Å². The Morgan fingerprint density at radius 3 is 2.56 bits per heavy atom. The fourth-order valence-electron chi connectivity index (χ4n) is 1.86. The van der Waals surface area contributed by atoms with Crippen molar-refractivity contribution in [3.8, 4) is 0 Å². The molecule has 0 saturated heterocycles. The molecule has 1 N–H and O–H groups in total. The van der Waals surface area contributed by atoms with E-state index in [9.17, 15) is 9.59 Å². The Kier molecular flexibility index (Phi) is 3.28. The molecule has 0 amide bonds. The number of carbonyl (C=O) groups excluding carboxylic acids is 1. The number of anilines is 1. The molecule has 2 aromatic rings. The van der Waals surface area contributed by atoms with Crippen molar-refractivity contribution in [3.63, 3.8) is 0 Å². The molecule has 0 bridgehead atoms. The van der Waals surface area contributed by atoms with E-state index >= 15 is 0 Å². The van der Waals surface area contributed by atoms with Gasteiger partial charge in [-0.1, -0.05) is 18.2 Å². The van der Waals surface area contributed by atoms with Crippen molar-refractivity contribution in [1.29, 1.82) is 0 Å². The molecule has 0 aliphatic heterocycles. The lowest BCUT2D eigenvalue weighted by Gasteiger charge is -2.17. The molecule has 4 nitrogen and oxygen atoms in total. The predicted molar refractivity (Wildman–Crippen MR) is 70.2 cm³/mol. The quantitative estimate of drug-likeness (QED) is 0.836. The molecule has 2 rings (SSSR count). The highest BCUT2D eigenvalue weighted by molar-refractivity contribution is 5.91. The maximum atomic E-state index is 10.7. The summed E-state index contributed by atoms with van der Waals surface area (Å²) in [6.45, 7) is -0.0437. The summed E-state index contributed by atoms with van der Waals surface area (Å²) in [5, 5.41) is 10.7. The Morgan fingerprint density at radius 1 is 1.22 bits per heavy atom. The number of likely N-dealkylation sites (N-methyl/N-ethyl adjacent to an activating group) is 1. The molecule has 0 unspecified atom stereocenters. The number of fused-ring (bicyclic) bond motifs is 1. The first-order valence-electron chi connectivity index (χ1n) is 5.52. The van der Waals surface area contributed by atoms with Gasteiger partial charge in [0.2, 0.25) is 0 Å². The Bertz CT molecular complexity index is 607. The standard InChI is InChI=1S/C14H13NO3/c1-15(8-14(17)18)13-5-4-11-6-10(9-16)2-3-12(11)7-13/h2-7,9H,8H2,1H3,(H,17,18). The lowest BCUT2D eigenvalue weighted by molar-refractivity contribution is -0.135. The second kappa shape index (κ2) is 4.87. The van der Waals surface area contributed by atoms with Crippen molar-refractivity contribution in [2.24, 2.45) is 0 Å². The predicted octanol–water partition coefficient (Wildman–Crippen LogP) is 2.17. The van der Waals surface area contributed by atoms with E-state index in [1.807, 2.05) is 30.3 Å². The second-order valence-corrected chi connectivity index (χ2v) is 4.16. The minimum Gasteiger partial charge on any atom is -0.480 e. The van der Waals surface area contributed by atoms with Gasteiger partial charge < -0.3 is 10.0 Å². The van der Waals surface area contributed by atoms with Crippen molar-refractivity contribution >= 4 is 28.7 Å². The van der Waals surface area contributed by atoms with E-state index in [0.29, 0.717) is 5.56 Å². The Morgan fingerprint density at radius 2 is 1.89 bits per heavy atom. The number of hydrogen-bond donors (Lipinski definition) is 1. The molecule has 0 saturated carbocycles. The zero-order valence-corrected chi connectivity index (χ0v) is 9.96. The topological polar surface area (TPSA) is 57.6 Å². The summed E-state index contributed by atoms with van der Waals surface area (Å²) in [5.74, 6) is -0.867. The minimum atomic E-state index is -0.867. The van der Waals surface area contributed by atoms with Gasteiger partial charge >= 0.3 is 5.97 Å². The van der Waals surface area contributed by atoms with Crippen LogP contribution in [0.4, 0.5) is 5.69 Å². The van der Waals surface area contributed by atoms with Gasteiger partial charge in [-0.2, -0.15) is 0 Å². The van der Waals surface area contributed by atoms with Crippen LogP contribution in [0, 0.1) is 0 Å². The molecule has 2 aromatic carbocycles. The van der Waals surface area contributed by atoms with Crippen LogP contribution < -0.4 is 4.90 Å². The lowest BCUT2D eigenvalue weighted by Crippen LogP contribution is -2.24.